The summed E-state index contributed by atoms with van der Waals surface area (Å²) < 4.78 is 5.70. The number of rotatable bonds is 3. The van der Waals surface area contributed by atoms with E-state index in [1.807, 2.05) is 24.8 Å². The molecule has 0 radical (unpaired) electrons. The molecule has 0 saturated carbocycles. The number of fused-ring (bicyclic) bond motifs is 1. The van der Waals surface area contributed by atoms with Gasteiger partial charge in [-0.1, -0.05) is 0 Å². The minimum atomic E-state index is -0.00403. The normalized spacial score (nSPS) is 25.1. The lowest BCUT2D eigenvalue weighted by atomic mass is 10.0. The Bertz CT molecular complexity index is 492. The van der Waals surface area contributed by atoms with Crippen molar-refractivity contribution in [1.29, 1.82) is 0 Å². The topological polar surface area (TPSA) is 54.5 Å². The largest absolute Gasteiger partial charge is 0.489 e. The third-order valence-corrected chi connectivity index (χ3v) is 4.01. The van der Waals surface area contributed by atoms with E-state index in [0.717, 1.165) is 26.2 Å². The maximum absolute atomic E-state index is 12.6. The van der Waals surface area contributed by atoms with Crippen LogP contribution in [0.1, 0.15) is 24.3 Å². The van der Waals surface area contributed by atoms with Crippen molar-refractivity contribution in [2.24, 2.45) is 11.8 Å². The van der Waals surface area contributed by atoms with E-state index in [2.05, 4.69) is 10.3 Å². The first-order valence-electron chi connectivity index (χ1n) is 7.27. The van der Waals surface area contributed by atoms with Gasteiger partial charge in [0, 0.05) is 32.4 Å². The predicted molar refractivity (Wildman–Crippen MR) is 75.8 cm³/mol. The van der Waals surface area contributed by atoms with Gasteiger partial charge in [0.1, 0.15) is 0 Å². The molecule has 0 bridgehead atoms. The highest BCUT2D eigenvalue weighted by atomic mass is 16.5. The number of nitrogens with one attached hydrogen (secondary N) is 1. The first-order valence-corrected chi connectivity index (χ1v) is 7.27. The Hall–Kier alpha value is -1.62. The number of hydrogen-bond donors (Lipinski definition) is 1. The van der Waals surface area contributed by atoms with Crippen LogP contribution in [0, 0.1) is 11.8 Å². The molecule has 1 amide bonds. The van der Waals surface area contributed by atoms with Crippen LogP contribution in [0.15, 0.2) is 18.3 Å². The van der Waals surface area contributed by atoms with Crippen LogP contribution in [0.2, 0.25) is 0 Å². The molecule has 3 rings (SSSR count). The van der Waals surface area contributed by atoms with Gasteiger partial charge in [-0.2, -0.15) is 0 Å². The van der Waals surface area contributed by atoms with Crippen molar-refractivity contribution in [3.05, 3.63) is 24.0 Å². The molecule has 0 spiro atoms. The van der Waals surface area contributed by atoms with E-state index in [-0.39, 0.29) is 12.0 Å². The van der Waals surface area contributed by atoms with E-state index in [9.17, 15) is 4.79 Å². The van der Waals surface area contributed by atoms with Crippen molar-refractivity contribution < 1.29 is 9.53 Å². The summed E-state index contributed by atoms with van der Waals surface area (Å²) in [4.78, 5) is 18.8. The van der Waals surface area contributed by atoms with Gasteiger partial charge in [0.25, 0.3) is 5.91 Å². The zero-order chi connectivity index (χ0) is 14.1. The summed E-state index contributed by atoms with van der Waals surface area (Å²) in [6.07, 6.45) is 1.69. The van der Waals surface area contributed by atoms with E-state index in [4.69, 9.17) is 4.74 Å². The van der Waals surface area contributed by atoms with Gasteiger partial charge in [0.05, 0.1) is 6.10 Å². The van der Waals surface area contributed by atoms with E-state index in [1.165, 1.54) is 0 Å². The number of pyridine rings is 1. The van der Waals surface area contributed by atoms with E-state index in [0.29, 0.717) is 23.3 Å². The van der Waals surface area contributed by atoms with E-state index < -0.39 is 0 Å². The standard InChI is InChI=1S/C15H21N3O2/c1-10(2)20-13-4-3-5-17-14(13)15(19)18-8-11-6-16-7-12(11)9-18/h3-5,10-12,16H,6-9H2,1-2H3/t11-,12+. The molecule has 20 heavy (non-hydrogen) atoms. The molecule has 1 aromatic heterocycles. The predicted octanol–water partition coefficient (Wildman–Crippen LogP) is 1.16. The molecule has 0 unspecified atom stereocenters. The fourth-order valence-corrected chi connectivity index (χ4v) is 3.07. The number of ether oxygens (including phenoxy) is 1. The Morgan fingerprint density at radius 3 is 2.75 bits per heavy atom. The third kappa shape index (κ3) is 2.50. The lowest BCUT2D eigenvalue weighted by Crippen LogP contribution is -2.32. The van der Waals surface area contributed by atoms with Crippen LogP contribution in [0.25, 0.3) is 0 Å². The molecular formula is C15H21N3O2. The molecule has 108 valence electrons. The van der Waals surface area contributed by atoms with Crippen LogP contribution in [-0.2, 0) is 0 Å². The highest BCUT2D eigenvalue weighted by Crippen LogP contribution is 2.28. The van der Waals surface area contributed by atoms with Crippen molar-refractivity contribution >= 4 is 5.91 Å². The van der Waals surface area contributed by atoms with Gasteiger partial charge < -0.3 is 15.0 Å². The summed E-state index contributed by atoms with van der Waals surface area (Å²) in [5, 5.41) is 3.38. The molecule has 2 saturated heterocycles. The summed E-state index contributed by atoms with van der Waals surface area (Å²) in [6.45, 7) is 7.60. The number of amides is 1. The minimum Gasteiger partial charge on any atom is -0.489 e. The molecular weight excluding hydrogens is 254 g/mol. The fourth-order valence-electron chi connectivity index (χ4n) is 3.07. The van der Waals surface area contributed by atoms with Gasteiger partial charge in [-0.3, -0.25) is 4.79 Å². The molecule has 0 aromatic carbocycles. The molecule has 1 N–H and O–H groups in total. The van der Waals surface area contributed by atoms with Crippen molar-refractivity contribution in [3.63, 3.8) is 0 Å². The van der Waals surface area contributed by atoms with E-state index in [1.54, 1.807) is 12.3 Å². The van der Waals surface area contributed by atoms with Crippen LogP contribution in [0.3, 0.4) is 0 Å². The summed E-state index contributed by atoms with van der Waals surface area (Å²) >= 11 is 0. The maximum Gasteiger partial charge on any atom is 0.276 e. The van der Waals surface area contributed by atoms with Gasteiger partial charge in [-0.25, -0.2) is 4.98 Å². The monoisotopic (exact) mass is 275 g/mol. The van der Waals surface area contributed by atoms with Crippen LogP contribution in [-0.4, -0.2) is 48.1 Å². The number of nitrogens with zero attached hydrogens (tertiary/aromatic N) is 2. The van der Waals surface area contributed by atoms with Crippen molar-refractivity contribution in [1.82, 2.24) is 15.2 Å². The van der Waals surface area contributed by atoms with Gasteiger partial charge in [-0.15, -0.1) is 0 Å². The number of hydrogen-bond acceptors (Lipinski definition) is 4. The Morgan fingerprint density at radius 2 is 2.10 bits per heavy atom. The Kier molecular flexibility index (Phi) is 3.61. The summed E-state index contributed by atoms with van der Waals surface area (Å²) in [6, 6.07) is 3.62. The van der Waals surface area contributed by atoms with Crippen LogP contribution >= 0.6 is 0 Å². The van der Waals surface area contributed by atoms with Crippen molar-refractivity contribution in [3.8, 4) is 5.75 Å². The smallest absolute Gasteiger partial charge is 0.276 e. The molecule has 5 heteroatoms. The number of carbonyl (C=O) groups excluding carboxylic acids is 1. The second-order valence-corrected chi connectivity index (χ2v) is 5.91. The second kappa shape index (κ2) is 5.40. The SMILES string of the molecule is CC(C)Oc1cccnc1C(=O)N1C[C@H]2CNC[C@H]2C1. The van der Waals surface area contributed by atoms with Gasteiger partial charge in [0.15, 0.2) is 11.4 Å². The number of aromatic nitrogens is 1. The molecule has 2 aliphatic rings. The summed E-state index contributed by atoms with van der Waals surface area (Å²) in [5.74, 6) is 1.77. The highest BCUT2D eigenvalue weighted by molar-refractivity contribution is 5.95. The number of carbonyl (C=O) groups is 1. The van der Waals surface area contributed by atoms with Crippen molar-refractivity contribution in [2.75, 3.05) is 26.2 Å². The molecule has 5 nitrogen and oxygen atoms in total. The average molecular weight is 275 g/mol. The molecule has 0 aliphatic carbocycles. The highest BCUT2D eigenvalue weighted by Gasteiger charge is 2.39. The average Bonchev–Trinajstić information content (AvgIpc) is 2.98. The molecule has 2 fully saturated rings. The van der Waals surface area contributed by atoms with Crippen LogP contribution in [0.5, 0.6) is 5.75 Å². The lowest BCUT2D eigenvalue weighted by Gasteiger charge is -2.19. The molecule has 1 aromatic rings. The zero-order valence-electron chi connectivity index (χ0n) is 12.0. The molecule has 2 aliphatic heterocycles. The summed E-state index contributed by atoms with van der Waals surface area (Å²) in [5.41, 5.74) is 0.439. The quantitative estimate of drug-likeness (QED) is 0.899. The van der Waals surface area contributed by atoms with Gasteiger partial charge in [-0.05, 0) is 37.8 Å². The second-order valence-electron chi connectivity index (χ2n) is 5.91. The first-order chi connectivity index (χ1) is 9.65. The van der Waals surface area contributed by atoms with Gasteiger partial charge >= 0.3 is 0 Å². The maximum atomic E-state index is 12.6. The Morgan fingerprint density at radius 1 is 1.40 bits per heavy atom. The summed E-state index contributed by atoms with van der Waals surface area (Å²) in [7, 11) is 0. The van der Waals surface area contributed by atoms with Gasteiger partial charge in [0.2, 0.25) is 0 Å². The zero-order valence-corrected chi connectivity index (χ0v) is 12.0. The Balaban J connectivity index is 1.77. The molecule has 2 atom stereocenters. The first kappa shape index (κ1) is 13.4. The van der Waals surface area contributed by atoms with Crippen LogP contribution < -0.4 is 10.1 Å². The molecule has 3 heterocycles. The fraction of sp³-hybridized carbons (Fsp3) is 0.600. The van der Waals surface area contributed by atoms with Crippen molar-refractivity contribution in [2.45, 2.75) is 20.0 Å². The number of likely N-dealkylation sites (tertiary alicyclic amines) is 1. The van der Waals surface area contributed by atoms with E-state index >= 15 is 0 Å². The lowest BCUT2D eigenvalue weighted by molar-refractivity contribution is 0.0769. The minimum absolute atomic E-state index is 0.00403. The Labute approximate surface area is 119 Å². The van der Waals surface area contributed by atoms with Crippen LogP contribution in [0.4, 0.5) is 0 Å². The third-order valence-electron chi connectivity index (χ3n) is 4.01.